The number of nitrogens with one attached hydrogen (secondary N) is 1. The van der Waals surface area contributed by atoms with Gasteiger partial charge in [-0.1, -0.05) is 16.8 Å². The number of halogens is 1. The van der Waals surface area contributed by atoms with Crippen molar-refractivity contribution in [2.75, 3.05) is 0 Å². The quantitative estimate of drug-likeness (QED) is 0.834. The lowest BCUT2D eigenvalue weighted by molar-refractivity contribution is 0.0946. The second-order valence-electron chi connectivity index (χ2n) is 3.29. The Hall–Kier alpha value is -1.95. The Kier molecular flexibility index (Phi) is 3.34. The van der Waals surface area contributed by atoms with E-state index in [2.05, 4.69) is 20.4 Å². The van der Waals surface area contributed by atoms with Gasteiger partial charge in [0.05, 0.1) is 6.54 Å². The highest BCUT2D eigenvalue weighted by atomic mass is 35.5. The average Bonchev–Trinajstić information content (AvgIpc) is 2.72. The Morgan fingerprint density at radius 2 is 2.41 bits per heavy atom. The summed E-state index contributed by atoms with van der Waals surface area (Å²) in [4.78, 5) is 19.4. The monoisotopic (exact) mass is 252 g/mol. The molecule has 7 heteroatoms. The van der Waals surface area contributed by atoms with E-state index in [1.54, 1.807) is 13.0 Å². The van der Waals surface area contributed by atoms with Gasteiger partial charge in [0.25, 0.3) is 5.91 Å². The largest absolute Gasteiger partial charge is 0.343 e. The third-order valence-electron chi connectivity index (χ3n) is 1.96. The first kappa shape index (κ1) is 11.5. The molecule has 88 valence electrons. The molecule has 0 aliphatic carbocycles. The van der Waals surface area contributed by atoms with Crippen molar-refractivity contribution in [2.24, 2.45) is 0 Å². The summed E-state index contributed by atoms with van der Waals surface area (Å²) in [5, 5.41) is 6.52. The van der Waals surface area contributed by atoms with E-state index in [9.17, 15) is 4.79 Å². The SMILES string of the molecule is Cc1noc(CNC(=O)c2ccnc(Cl)c2)n1. The summed E-state index contributed by atoms with van der Waals surface area (Å²) >= 11 is 5.68. The Morgan fingerprint density at radius 3 is 3.06 bits per heavy atom. The van der Waals surface area contributed by atoms with E-state index in [-0.39, 0.29) is 17.6 Å². The number of pyridine rings is 1. The van der Waals surface area contributed by atoms with Crippen LogP contribution in [0.4, 0.5) is 0 Å². The van der Waals surface area contributed by atoms with Crippen LogP contribution >= 0.6 is 11.6 Å². The Balaban J connectivity index is 1.98. The van der Waals surface area contributed by atoms with Crippen LogP contribution in [0.3, 0.4) is 0 Å². The summed E-state index contributed by atoms with van der Waals surface area (Å²) in [6, 6.07) is 3.05. The molecule has 1 N–H and O–H groups in total. The van der Waals surface area contributed by atoms with Gasteiger partial charge in [0.2, 0.25) is 5.89 Å². The zero-order chi connectivity index (χ0) is 12.3. The molecule has 6 nitrogen and oxygen atoms in total. The van der Waals surface area contributed by atoms with Crippen LogP contribution in [0.5, 0.6) is 0 Å². The molecule has 0 aromatic carbocycles. The first-order valence-electron chi connectivity index (χ1n) is 4.84. The molecule has 2 rings (SSSR count). The molecule has 0 aliphatic rings. The second-order valence-corrected chi connectivity index (χ2v) is 3.67. The van der Waals surface area contributed by atoms with Crippen molar-refractivity contribution in [2.45, 2.75) is 13.5 Å². The van der Waals surface area contributed by atoms with E-state index in [1.165, 1.54) is 12.3 Å². The lowest BCUT2D eigenvalue weighted by Crippen LogP contribution is -2.23. The molecular formula is C10H9ClN4O2. The van der Waals surface area contributed by atoms with E-state index >= 15 is 0 Å². The molecule has 2 heterocycles. The normalized spacial score (nSPS) is 10.2. The lowest BCUT2D eigenvalue weighted by Gasteiger charge is -2.01. The summed E-state index contributed by atoms with van der Waals surface area (Å²) in [6.45, 7) is 1.89. The van der Waals surface area contributed by atoms with E-state index in [1.807, 2.05) is 0 Å². The van der Waals surface area contributed by atoms with Crippen LogP contribution < -0.4 is 5.32 Å². The van der Waals surface area contributed by atoms with Crippen molar-refractivity contribution >= 4 is 17.5 Å². The number of hydrogen-bond acceptors (Lipinski definition) is 5. The predicted molar refractivity (Wildman–Crippen MR) is 59.5 cm³/mol. The van der Waals surface area contributed by atoms with Crippen LogP contribution in [0.15, 0.2) is 22.9 Å². The minimum absolute atomic E-state index is 0.180. The third-order valence-corrected chi connectivity index (χ3v) is 2.17. The van der Waals surface area contributed by atoms with Crippen molar-refractivity contribution in [3.8, 4) is 0 Å². The molecule has 0 saturated heterocycles. The maximum Gasteiger partial charge on any atom is 0.251 e. The highest BCUT2D eigenvalue weighted by molar-refractivity contribution is 6.29. The van der Waals surface area contributed by atoms with Crippen LogP contribution in [-0.2, 0) is 6.54 Å². The Bertz CT molecular complexity index is 541. The first-order valence-corrected chi connectivity index (χ1v) is 5.22. The highest BCUT2D eigenvalue weighted by Crippen LogP contribution is 2.07. The molecule has 2 aromatic heterocycles. The maximum absolute atomic E-state index is 11.7. The summed E-state index contributed by atoms with van der Waals surface area (Å²) in [5.41, 5.74) is 0.432. The molecule has 1 amide bonds. The number of hydrogen-bond donors (Lipinski definition) is 1. The minimum atomic E-state index is -0.273. The molecule has 0 radical (unpaired) electrons. The van der Waals surface area contributed by atoms with E-state index in [4.69, 9.17) is 16.1 Å². The number of carbonyl (C=O) groups excluding carboxylic acids is 1. The van der Waals surface area contributed by atoms with Crippen LogP contribution in [0.2, 0.25) is 5.15 Å². The number of aromatic nitrogens is 3. The second kappa shape index (κ2) is 4.92. The molecule has 2 aromatic rings. The summed E-state index contributed by atoms with van der Waals surface area (Å²) < 4.78 is 4.86. The van der Waals surface area contributed by atoms with Gasteiger partial charge >= 0.3 is 0 Å². The fraction of sp³-hybridized carbons (Fsp3) is 0.200. The minimum Gasteiger partial charge on any atom is -0.343 e. The molecule has 0 saturated carbocycles. The molecule has 0 unspecified atom stereocenters. The molecule has 0 fully saturated rings. The molecule has 0 aliphatic heterocycles. The van der Waals surface area contributed by atoms with Gasteiger partial charge in [-0.3, -0.25) is 4.79 Å². The smallest absolute Gasteiger partial charge is 0.251 e. The van der Waals surface area contributed by atoms with Crippen LogP contribution in [0, 0.1) is 6.92 Å². The van der Waals surface area contributed by atoms with Crippen molar-refractivity contribution in [3.63, 3.8) is 0 Å². The van der Waals surface area contributed by atoms with Gasteiger partial charge in [0, 0.05) is 11.8 Å². The summed E-state index contributed by atoms with van der Waals surface area (Å²) in [6.07, 6.45) is 1.47. The van der Waals surface area contributed by atoms with Crippen molar-refractivity contribution < 1.29 is 9.32 Å². The van der Waals surface area contributed by atoms with Gasteiger partial charge in [0.1, 0.15) is 5.15 Å². The van der Waals surface area contributed by atoms with E-state index < -0.39 is 0 Å². The van der Waals surface area contributed by atoms with Crippen LogP contribution in [0.1, 0.15) is 22.1 Å². The first-order chi connectivity index (χ1) is 8.15. The number of amides is 1. The average molecular weight is 253 g/mol. The third kappa shape index (κ3) is 3.01. The van der Waals surface area contributed by atoms with Crippen molar-refractivity contribution in [1.29, 1.82) is 0 Å². The Labute approximate surface area is 102 Å². The van der Waals surface area contributed by atoms with E-state index in [0.29, 0.717) is 17.3 Å². The highest BCUT2D eigenvalue weighted by Gasteiger charge is 2.08. The fourth-order valence-corrected chi connectivity index (χ4v) is 1.39. The number of rotatable bonds is 3. The molecule has 0 bridgehead atoms. The van der Waals surface area contributed by atoms with Crippen LogP contribution in [-0.4, -0.2) is 21.0 Å². The number of carbonyl (C=O) groups is 1. The summed E-state index contributed by atoms with van der Waals surface area (Å²) in [5.74, 6) is 0.613. The zero-order valence-corrected chi connectivity index (χ0v) is 9.73. The zero-order valence-electron chi connectivity index (χ0n) is 8.98. The van der Waals surface area contributed by atoms with Gasteiger partial charge in [-0.05, 0) is 19.1 Å². The molecule has 0 spiro atoms. The van der Waals surface area contributed by atoms with Crippen molar-refractivity contribution in [1.82, 2.24) is 20.4 Å². The van der Waals surface area contributed by atoms with Crippen LogP contribution in [0.25, 0.3) is 0 Å². The molecular weight excluding hydrogens is 244 g/mol. The fourth-order valence-electron chi connectivity index (χ4n) is 1.21. The van der Waals surface area contributed by atoms with Gasteiger partial charge < -0.3 is 9.84 Å². The van der Waals surface area contributed by atoms with Gasteiger partial charge in [-0.15, -0.1) is 0 Å². The molecule has 0 atom stereocenters. The van der Waals surface area contributed by atoms with Gasteiger partial charge in [-0.2, -0.15) is 4.98 Å². The lowest BCUT2D eigenvalue weighted by atomic mass is 10.2. The van der Waals surface area contributed by atoms with E-state index in [0.717, 1.165) is 0 Å². The number of aryl methyl sites for hydroxylation is 1. The maximum atomic E-state index is 11.7. The standard InChI is InChI=1S/C10H9ClN4O2/c1-6-14-9(17-15-6)5-13-10(16)7-2-3-12-8(11)4-7/h2-4H,5H2,1H3,(H,13,16). The van der Waals surface area contributed by atoms with Gasteiger partial charge in [-0.25, -0.2) is 4.98 Å². The topological polar surface area (TPSA) is 80.9 Å². The van der Waals surface area contributed by atoms with Gasteiger partial charge in [0.15, 0.2) is 5.82 Å². The van der Waals surface area contributed by atoms with Crippen molar-refractivity contribution in [3.05, 3.63) is 40.8 Å². The summed E-state index contributed by atoms with van der Waals surface area (Å²) in [7, 11) is 0. The number of nitrogens with zero attached hydrogens (tertiary/aromatic N) is 3. The Morgan fingerprint density at radius 1 is 1.59 bits per heavy atom. The predicted octanol–water partition coefficient (Wildman–Crippen LogP) is 1.36. The molecule has 17 heavy (non-hydrogen) atoms.